The second-order valence-electron chi connectivity index (χ2n) is 8.42. The molecule has 0 saturated carbocycles. The Labute approximate surface area is 186 Å². The van der Waals surface area contributed by atoms with Crippen LogP contribution in [0.3, 0.4) is 0 Å². The third-order valence-electron chi connectivity index (χ3n) is 6.02. The van der Waals surface area contributed by atoms with E-state index in [2.05, 4.69) is 0 Å². The summed E-state index contributed by atoms with van der Waals surface area (Å²) in [5, 5.41) is 0.463. The van der Waals surface area contributed by atoms with E-state index in [9.17, 15) is 14.4 Å². The third-order valence-corrected chi connectivity index (χ3v) is 6.02. The number of esters is 1. The van der Waals surface area contributed by atoms with Gasteiger partial charge < -0.3 is 19.0 Å². The van der Waals surface area contributed by atoms with Crippen molar-refractivity contribution in [2.45, 2.75) is 19.9 Å². The summed E-state index contributed by atoms with van der Waals surface area (Å²) < 4.78 is 10.8. The maximum Gasteiger partial charge on any atom is 0.337 e. The van der Waals surface area contributed by atoms with Crippen LogP contribution in [0.2, 0.25) is 0 Å². The van der Waals surface area contributed by atoms with E-state index in [1.807, 2.05) is 45.0 Å². The van der Waals surface area contributed by atoms with E-state index < -0.39 is 12.0 Å². The summed E-state index contributed by atoms with van der Waals surface area (Å²) in [6.07, 6.45) is 0. The molecule has 1 amide bonds. The molecule has 2 aromatic carbocycles. The van der Waals surface area contributed by atoms with E-state index in [1.54, 1.807) is 29.2 Å². The van der Waals surface area contributed by atoms with Crippen molar-refractivity contribution in [3.8, 4) is 0 Å². The molecule has 2 heterocycles. The van der Waals surface area contributed by atoms with Crippen LogP contribution in [-0.2, 0) is 4.74 Å². The van der Waals surface area contributed by atoms with Crippen molar-refractivity contribution in [1.82, 2.24) is 9.80 Å². The Balaban J connectivity index is 1.91. The van der Waals surface area contributed by atoms with E-state index in [4.69, 9.17) is 9.15 Å². The van der Waals surface area contributed by atoms with Crippen LogP contribution in [0.1, 0.15) is 49.2 Å². The van der Waals surface area contributed by atoms with Crippen molar-refractivity contribution in [3.63, 3.8) is 0 Å². The van der Waals surface area contributed by atoms with E-state index in [1.165, 1.54) is 7.11 Å². The smallest absolute Gasteiger partial charge is 0.337 e. The van der Waals surface area contributed by atoms with Gasteiger partial charge in [0.15, 0.2) is 5.43 Å². The fourth-order valence-corrected chi connectivity index (χ4v) is 4.08. The molecule has 0 fully saturated rings. The molecule has 0 N–H and O–H groups in total. The van der Waals surface area contributed by atoms with Gasteiger partial charge in [-0.3, -0.25) is 9.59 Å². The van der Waals surface area contributed by atoms with Crippen molar-refractivity contribution >= 4 is 22.8 Å². The van der Waals surface area contributed by atoms with Gasteiger partial charge in [0.25, 0.3) is 5.91 Å². The molecular formula is C25H26N2O5. The quantitative estimate of drug-likeness (QED) is 0.574. The number of aryl methyl sites for hydroxylation is 2. The number of carbonyl (C=O) groups is 2. The second kappa shape index (κ2) is 8.24. The summed E-state index contributed by atoms with van der Waals surface area (Å²) in [6.45, 7) is 4.94. The molecule has 1 aliphatic heterocycles. The van der Waals surface area contributed by atoms with Crippen LogP contribution in [0.4, 0.5) is 0 Å². The molecule has 0 spiro atoms. The number of fused-ring (bicyclic) bond motifs is 2. The number of benzene rings is 2. The molecule has 1 aromatic heterocycles. The van der Waals surface area contributed by atoms with Gasteiger partial charge in [-0.25, -0.2) is 4.79 Å². The molecule has 166 valence electrons. The van der Waals surface area contributed by atoms with Crippen molar-refractivity contribution in [2.75, 3.05) is 34.3 Å². The van der Waals surface area contributed by atoms with Gasteiger partial charge in [-0.15, -0.1) is 0 Å². The first-order chi connectivity index (χ1) is 15.2. The SMILES string of the molecule is COC(=O)c1ccc([C@H]2c3c(oc4cc(C)c(C)cc4c3=O)C(=O)N2CCN(C)C)cc1. The maximum atomic E-state index is 13.6. The molecule has 0 aliphatic carbocycles. The summed E-state index contributed by atoms with van der Waals surface area (Å²) in [6, 6.07) is 9.83. The van der Waals surface area contributed by atoms with Crippen LogP contribution in [0.25, 0.3) is 11.0 Å². The van der Waals surface area contributed by atoms with Gasteiger partial charge in [-0.1, -0.05) is 12.1 Å². The lowest BCUT2D eigenvalue weighted by atomic mass is 9.96. The molecule has 3 aromatic rings. The molecule has 0 radical (unpaired) electrons. The van der Waals surface area contributed by atoms with E-state index in [-0.39, 0.29) is 17.1 Å². The van der Waals surface area contributed by atoms with Gasteiger partial charge in [0.1, 0.15) is 5.58 Å². The molecule has 1 aliphatic rings. The van der Waals surface area contributed by atoms with Crippen LogP contribution in [0, 0.1) is 13.8 Å². The van der Waals surface area contributed by atoms with Crippen LogP contribution < -0.4 is 5.43 Å². The van der Waals surface area contributed by atoms with Gasteiger partial charge in [0.05, 0.1) is 29.7 Å². The number of amides is 1. The zero-order chi connectivity index (χ0) is 23.2. The van der Waals surface area contributed by atoms with Crippen molar-refractivity contribution in [2.24, 2.45) is 0 Å². The lowest BCUT2D eigenvalue weighted by Crippen LogP contribution is -2.35. The lowest BCUT2D eigenvalue weighted by molar-refractivity contribution is 0.0599. The molecule has 7 nitrogen and oxygen atoms in total. The molecule has 0 bridgehead atoms. The number of carbonyl (C=O) groups excluding carboxylic acids is 2. The molecule has 0 saturated heterocycles. The number of methoxy groups -OCH3 is 1. The Kier molecular flexibility index (Phi) is 5.60. The summed E-state index contributed by atoms with van der Waals surface area (Å²) in [4.78, 5) is 42.4. The number of ether oxygens (including phenoxy) is 1. The highest BCUT2D eigenvalue weighted by Gasteiger charge is 2.42. The highest BCUT2D eigenvalue weighted by atomic mass is 16.5. The minimum Gasteiger partial charge on any atom is -0.465 e. The van der Waals surface area contributed by atoms with Crippen LogP contribution in [0.15, 0.2) is 45.6 Å². The zero-order valence-corrected chi connectivity index (χ0v) is 18.9. The van der Waals surface area contributed by atoms with E-state index >= 15 is 0 Å². The Morgan fingerprint density at radius 3 is 2.38 bits per heavy atom. The van der Waals surface area contributed by atoms with E-state index in [0.29, 0.717) is 35.2 Å². The predicted octanol–water partition coefficient (Wildman–Crippen LogP) is 3.30. The van der Waals surface area contributed by atoms with Crippen LogP contribution in [0.5, 0.6) is 0 Å². The van der Waals surface area contributed by atoms with Gasteiger partial charge in [-0.05, 0) is 68.9 Å². The number of nitrogens with zero attached hydrogens (tertiary/aromatic N) is 2. The van der Waals surface area contributed by atoms with E-state index in [0.717, 1.165) is 16.7 Å². The minimum atomic E-state index is -0.591. The van der Waals surface area contributed by atoms with Gasteiger partial charge >= 0.3 is 5.97 Å². The first-order valence-electron chi connectivity index (χ1n) is 10.4. The Morgan fingerprint density at radius 2 is 1.75 bits per heavy atom. The lowest BCUT2D eigenvalue weighted by Gasteiger charge is -2.26. The molecule has 7 heteroatoms. The van der Waals surface area contributed by atoms with Crippen LogP contribution in [-0.4, -0.2) is 56.0 Å². The highest BCUT2D eigenvalue weighted by Crippen LogP contribution is 2.38. The summed E-state index contributed by atoms with van der Waals surface area (Å²) in [5.74, 6) is -0.659. The zero-order valence-electron chi connectivity index (χ0n) is 18.9. The Bertz CT molecular complexity index is 1270. The summed E-state index contributed by atoms with van der Waals surface area (Å²) in [7, 11) is 5.18. The average molecular weight is 434 g/mol. The standard InChI is InChI=1S/C25H26N2O5/c1-14-12-18-19(13-15(14)2)32-23-20(22(18)28)21(27(24(23)29)11-10-26(3)4)16-6-8-17(9-7-16)25(30)31-5/h6-9,12-13,21H,10-11H2,1-5H3/t21-/m0/s1. The Morgan fingerprint density at radius 1 is 1.09 bits per heavy atom. The molecule has 0 unspecified atom stereocenters. The van der Waals surface area contributed by atoms with Crippen molar-refractivity contribution < 1.29 is 18.7 Å². The first-order valence-corrected chi connectivity index (χ1v) is 10.4. The predicted molar refractivity (Wildman–Crippen MR) is 121 cm³/mol. The molecule has 4 rings (SSSR count). The Hall–Kier alpha value is -3.45. The fraction of sp³-hybridized carbons (Fsp3) is 0.320. The summed E-state index contributed by atoms with van der Waals surface area (Å²) in [5.41, 5.74) is 3.67. The third kappa shape index (κ3) is 3.58. The van der Waals surface area contributed by atoms with Crippen molar-refractivity contribution in [3.05, 3.63) is 80.2 Å². The largest absolute Gasteiger partial charge is 0.465 e. The van der Waals surface area contributed by atoms with Gasteiger partial charge in [-0.2, -0.15) is 0 Å². The number of rotatable bonds is 5. The normalized spacial score (nSPS) is 15.5. The van der Waals surface area contributed by atoms with Gasteiger partial charge in [0.2, 0.25) is 5.76 Å². The summed E-state index contributed by atoms with van der Waals surface area (Å²) >= 11 is 0. The molecule has 1 atom stereocenters. The molecule has 32 heavy (non-hydrogen) atoms. The first kappa shape index (κ1) is 21.8. The van der Waals surface area contributed by atoms with Gasteiger partial charge in [0, 0.05) is 13.1 Å². The monoisotopic (exact) mass is 434 g/mol. The highest BCUT2D eigenvalue weighted by molar-refractivity contribution is 5.99. The fourth-order valence-electron chi connectivity index (χ4n) is 4.08. The van der Waals surface area contributed by atoms with Crippen molar-refractivity contribution in [1.29, 1.82) is 0 Å². The topological polar surface area (TPSA) is 80.1 Å². The maximum absolute atomic E-state index is 13.6. The average Bonchev–Trinajstić information content (AvgIpc) is 3.05. The second-order valence-corrected chi connectivity index (χ2v) is 8.42. The number of hydrogen-bond donors (Lipinski definition) is 0. The number of hydrogen-bond acceptors (Lipinski definition) is 6. The minimum absolute atomic E-state index is 0.0894. The van der Waals surface area contributed by atoms with Crippen LogP contribution >= 0.6 is 0 Å². The molecular weight excluding hydrogens is 408 g/mol. The number of likely N-dealkylation sites (N-methyl/N-ethyl adjacent to an activating group) is 1.